The third-order valence-corrected chi connectivity index (χ3v) is 4.18. The van der Waals surface area contributed by atoms with Crippen LogP contribution in [0.3, 0.4) is 0 Å². The summed E-state index contributed by atoms with van der Waals surface area (Å²) in [7, 11) is 1.80. The molecular formula is C17H20N4O2. The fourth-order valence-corrected chi connectivity index (χ4v) is 3.10. The van der Waals surface area contributed by atoms with Crippen LogP contribution in [-0.4, -0.2) is 33.0 Å². The lowest BCUT2D eigenvalue weighted by Crippen LogP contribution is -2.40. The number of nitrogens with one attached hydrogen (secondary N) is 1. The molecule has 0 saturated heterocycles. The summed E-state index contributed by atoms with van der Waals surface area (Å²) in [5.74, 6) is 0.378. The first-order chi connectivity index (χ1) is 11.0. The van der Waals surface area contributed by atoms with Gasteiger partial charge in [-0.3, -0.25) is 14.3 Å². The molecule has 2 amide bonds. The lowest BCUT2D eigenvalue weighted by Gasteiger charge is -2.36. The lowest BCUT2D eigenvalue weighted by molar-refractivity contribution is -0.132. The van der Waals surface area contributed by atoms with E-state index >= 15 is 0 Å². The molecule has 1 aliphatic heterocycles. The molecule has 0 bridgehead atoms. The van der Waals surface area contributed by atoms with Crippen LogP contribution in [0, 0.1) is 0 Å². The zero-order valence-corrected chi connectivity index (χ0v) is 13.3. The molecule has 1 aromatic carbocycles. The van der Waals surface area contributed by atoms with Crippen LogP contribution in [0.15, 0.2) is 36.5 Å². The van der Waals surface area contributed by atoms with Crippen LogP contribution in [0.1, 0.15) is 30.5 Å². The number of rotatable bonds is 3. The first-order valence-electron chi connectivity index (χ1n) is 7.69. The normalized spacial score (nSPS) is 16.8. The van der Waals surface area contributed by atoms with E-state index in [1.54, 1.807) is 35.8 Å². The number of anilines is 1. The van der Waals surface area contributed by atoms with E-state index in [0.29, 0.717) is 12.4 Å². The maximum Gasteiger partial charge on any atom is 0.228 e. The highest BCUT2D eigenvalue weighted by Crippen LogP contribution is 2.32. The summed E-state index contributed by atoms with van der Waals surface area (Å²) in [6.07, 6.45) is 2.83. The average molecular weight is 312 g/mol. The topological polar surface area (TPSA) is 67.2 Å². The summed E-state index contributed by atoms with van der Waals surface area (Å²) in [5, 5.41) is 6.94. The molecule has 0 aliphatic carbocycles. The molecule has 23 heavy (non-hydrogen) atoms. The monoisotopic (exact) mass is 312 g/mol. The Labute approximate surface area is 135 Å². The Hall–Kier alpha value is -2.63. The van der Waals surface area contributed by atoms with Gasteiger partial charge in [-0.25, -0.2) is 0 Å². The summed E-state index contributed by atoms with van der Waals surface area (Å²) < 4.78 is 1.63. The minimum absolute atomic E-state index is 0.00450. The summed E-state index contributed by atoms with van der Waals surface area (Å²) in [5.41, 5.74) is 2.27. The highest BCUT2D eigenvalue weighted by Gasteiger charge is 2.30. The van der Waals surface area contributed by atoms with Gasteiger partial charge in [0.05, 0.1) is 12.5 Å². The van der Waals surface area contributed by atoms with E-state index < -0.39 is 0 Å². The van der Waals surface area contributed by atoms with Gasteiger partial charge in [0.1, 0.15) is 0 Å². The molecule has 1 N–H and O–H groups in total. The average Bonchev–Trinajstić information content (AvgIpc) is 2.92. The molecule has 2 heterocycles. The molecule has 120 valence electrons. The van der Waals surface area contributed by atoms with Crippen LogP contribution in [0.5, 0.6) is 0 Å². The van der Waals surface area contributed by atoms with E-state index in [1.165, 1.54) is 5.56 Å². The fraction of sp³-hybridized carbons (Fsp3) is 0.353. The Morgan fingerprint density at radius 3 is 2.78 bits per heavy atom. The minimum atomic E-state index is -0.221. The second-order valence-electron chi connectivity index (χ2n) is 5.80. The lowest BCUT2D eigenvalue weighted by atomic mass is 9.90. The van der Waals surface area contributed by atoms with E-state index in [9.17, 15) is 9.59 Å². The van der Waals surface area contributed by atoms with E-state index in [4.69, 9.17) is 0 Å². The predicted molar refractivity (Wildman–Crippen MR) is 86.7 cm³/mol. The zero-order valence-electron chi connectivity index (χ0n) is 13.3. The largest absolute Gasteiger partial charge is 0.335 e. The van der Waals surface area contributed by atoms with Gasteiger partial charge in [0, 0.05) is 32.8 Å². The molecule has 3 rings (SSSR count). The smallest absolute Gasteiger partial charge is 0.228 e. The molecule has 1 atom stereocenters. The molecule has 6 heteroatoms. The molecule has 0 radical (unpaired) electrons. The molecule has 1 aliphatic rings. The van der Waals surface area contributed by atoms with Crippen LogP contribution in [0.4, 0.5) is 5.82 Å². The molecule has 0 saturated carbocycles. The number of aromatic nitrogens is 2. The second-order valence-corrected chi connectivity index (χ2v) is 5.80. The van der Waals surface area contributed by atoms with E-state index in [-0.39, 0.29) is 24.3 Å². The molecule has 6 nitrogen and oxygen atoms in total. The van der Waals surface area contributed by atoms with Crippen LogP contribution >= 0.6 is 0 Å². The van der Waals surface area contributed by atoms with E-state index in [2.05, 4.69) is 16.5 Å². The Balaban J connectivity index is 1.80. The highest BCUT2D eigenvalue weighted by molar-refractivity contribution is 5.90. The Bertz CT molecular complexity index is 738. The van der Waals surface area contributed by atoms with Crippen molar-refractivity contribution in [2.75, 3.05) is 11.9 Å². The summed E-state index contributed by atoms with van der Waals surface area (Å²) in [4.78, 5) is 26.1. The van der Waals surface area contributed by atoms with Crippen molar-refractivity contribution in [2.45, 2.75) is 25.8 Å². The van der Waals surface area contributed by atoms with Gasteiger partial charge < -0.3 is 10.2 Å². The van der Waals surface area contributed by atoms with Gasteiger partial charge in [-0.05, 0) is 17.5 Å². The maximum atomic E-state index is 12.4. The number of aryl methyl sites for hydroxylation is 1. The number of carbonyl (C=O) groups excluding carboxylic acids is 2. The zero-order chi connectivity index (χ0) is 16.4. The fourth-order valence-electron chi connectivity index (χ4n) is 3.10. The maximum absolute atomic E-state index is 12.4. The number of hydrogen-bond acceptors (Lipinski definition) is 3. The van der Waals surface area contributed by atoms with Gasteiger partial charge in [0.15, 0.2) is 5.82 Å². The van der Waals surface area contributed by atoms with Gasteiger partial charge in [-0.1, -0.05) is 24.3 Å². The summed E-state index contributed by atoms with van der Waals surface area (Å²) in [6, 6.07) is 9.54. The number of amides is 2. The van der Waals surface area contributed by atoms with Gasteiger partial charge in [0.2, 0.25) is 11.8 Å². The van der Waals surface area contributed by atoms with Crippen molar-refractivity contribution in [3.8, 4) is 0 Å². The number of hydrogen-bond donors (Lipinski definition) is 1. The number of nitrogens with zero attached hydrogens (tertiary/aromatic N) is 3. The molecule has 1 aromatic heterocycles. The second kappa shape index (κ2) is 6.24. The number of carbonyl (C=O) groups is 2. The van der Waals surface area contributed by atoms with Gasteiger partial charge >= 0.3 is 0 Å². The van der Waals surface area contributed by atoms with Crippen molar-refractivity contribution in [3.63, 3.8) is 0 Å². The van der Waals surface area contributed by atoms with Gasteiger partial charge in [-0.15, -0.1) is 0 Å². The molecule has 0 spiro atoms. The van der Waals surface area contributed by atoms with Crippen molar-refractivity contribution >= 4 is 17.6 Å². The Kier molecular flexibility index (Phi) is 4.14. The first-order valence-corrected chi connectivity index (χ1v) is 7.69. The van der Waals surface area contributed by atoms with Crippen molar-refractivity contribution in [1.29, 1.82) is 0 Å². The predicted octanol–water partition coefficient (Wildman–Crippen LogP) is 1.89. The van der Waals surface area contributed by atoms with Crippen molar-refractivity contribution in [2.24, 2.45) is 7.05 Å². The molecular weight excluding hydrogens is 292 g/mol. The van der Waals surface area contributed by atoms with Gasteiger partial charge in [0.25, 0.3) is 0 Å². The van der Waals surface area contributed by atoms with Crippen molar-refractivity contribution in [3.05, 3.63) is 47.7 Å². The third-order valence-electron chi connectivity index (χ3n) is 4.18. The minimum Gasteiger partial charge on any atom is -0.335 e. The van der Waals surface area contributed by atoms with Crippen molar-refractivity contribution < 1.29 is 9.59 Å². The SMILES string of the molecule is CC(=O)N1CCc2ccccc2[C@H]1CC(=O)Nc1ccn(C)n1. The van der Waals surface area contributed by atoms with Gasteiger partial charge in [-0.2, -0.15) is 5.10 Å². The summed E-state index contributed by atoms with van der Waals surface area (Å²) in [6.45, 7) is 2.20. The Morgan fingerprint density at radius 2 is 2.09 bits per heavy atom. The van der Waals surface area contributed by atoms with Crippen LogP contribution in [0.25, 0.3) is 0 Å². The molecule has 0 unspecified atom stereocenters. The number of fused-ring (bicyclic) bond motifs is 1. The Morgan fingerprint density at radius 1 is 1.30 bits per heavy atom. The van der Waals surface area contributed by atoms with E-state index in [1.807, 2.05) is 18.2 Å². The summed E-state index contributed by atoms with van der Waals surface area (Å²) >= 11 is 0. The third kappa shape index (κ3) is 3.26. The van der Waals surface area contributed by atoms with Crippen molar-refractivity contribution in [1.82, 2.24) is 14.7 Å². The standard InChI is InChI=1S/C17H20N4O2/c1-12(22)21-10-7-13-5-3-4-6-14(13)15(21)11-17(23)18-16-8-9-20(2)19-16/h3-6,8-9,15H,7,10-11H2,1-2H3,(H,18,19,23)/t15-/m1/s1. The quantitative estimate of drug-likeness (QED) is 0.941. The van der Waals surface area contributed by atoms with Crippen LogP contribution in [0.2, 0.25) is 0 Å². The number of benzene rings is 1. The molecule has 0 fully saturated rings. The van der Waals surface area contributed by atoms with E-state index in [0.717, 1.165) is 12.0 Å². The highest BCUT2D eigenvalue weighted by atomic mass is 16.2. The van der Waals surface area contributed by atoms with Crippen LogP contribution < -0.4 is 5.32 Å². The van der Waals surface area contributed by atoms with Crippen LogP contribution in [-0.2, 0) is 23.1 Å². The molecule has 2 aromatic rings. The first kappa shape index (κ1) is 15.3.